The number of furan rings is 1. The molecule has 2 saturated heterocycles. The molecule has 0 saturated carbocycles. The second-order valence-corrected chi connectivity index (χ2v) is 8.50. The topological polar surface area (TPSA) is 73.7 Å². The molecule has 2 fully saturated rings. The summed E-state index contributed by atoms with van der Waals surface area (Å²) in [5.41, 5.74) is 3.10. The zero-order valence-corrected chi connectivity index (χ0v) is 19.0. The number of benzene rings is 2. The lowest BCUT2D eigenvalue weighted by molar-refractivity contribution is 0.0320. The molecule has 3 heterocycles. The Kier molecular flexibility index (Phi) is 6.35. The van der Waals surface area contributed by atoms with Crippen LogP contribution in [0.4, 0.5) is 0 Å². The van der Waals surface area contributed by atoms with Crippen LogP contribution in [-0.2, 0) is 9.47 Å². The van der Waals surface area contributed by atoms with Crippen molar-refractivity contribution in [2.24, 2.45) is 0 Å². The van der Waals surface area contributed by atoms with Crippen molar-refractivity contribution in [2.75, 3.05) is 46.1 Å². The van der Waals surface area contributed by atoms with E-state index in [-0.39, 0.29) is 18.0 Å². The van der Waals surface area contributed by atoms with Crippen molar-refractivity contribution < 1.29 is 28.2 Å². The number of aryl methyl sites for hydroxylation is 1. The number of nitrogens with zero attached hydrogens (tertiary/aromatic N) is 1. The van der Waals surface area contributed by atoms with Gasteiger partial charge in [0.25, 0.3) is 0 Å². The molecular weight excluding hydrogens is 422 g/mol. The number of hydrogen-bond acceptors (Lipinski definition) is 7. The number of hydrogen-bond donors (Lipinski definition) is 0. The quantitative estimate of drug-likeness (QED) is 0.357. The molecule has 0 aliphatic carbocycles. The molecule has 174 valence electrons. The minimum absolute atomic E-state index is 0.0155. The van der Waals surface area contributed by atoms with Gasteiger partial charge in [-0.05, 0) is 31.0 Å². The number of rotatable bonds is 9. The summed E-state index contributed by atoms with van der Waals surface area (Å²) in [7, 11) is 0. The number of ketones is 1. The molecule has 7 nitrogen and oxygen atoms in total. The Bertz CT molecular complexity index is 1120. The van der Waals surface area contributed by atoms with Gasteiger partial charge in [0.15, 0.2) is 17.1 Å². The largest absolute Gasteiger partial charge is 0.487 e. The Balaban J connectivity index is 1.38. The molecule has 0 bridgehead atoms. The average molecular weight is 452 g/mol. The second-order valence-electron chi connectivity index (χ2n) is 8.50. The van der Waals surface area contributed by atoms with Crippen LogP contribution >= 0.6 is 0 Å². The number of fused-ring (bicyclic) bond motifs is 1. The van der Waals surface area contributed by atoms with E-state index in [2.05, 4.69) is 17.0 Å². The third-order valence-corrected chi connectivity index (χ3v) is 6.30. The predicted molar refractivity (Wildman–Crippen MR) is 123 cm³/mol. The number of Topliss-reactive ketones (excluding diaryl/α,β-unsaturated/α-hetero) is 1. The first-order valence-electron chi connectivity index (χ1n) is 11.4. The highest BCUT2D eigenvalue weighted by atomic mass is 16.6. The van der Waals surface area contributed by atoms with Crippen molar-refractivity contribution in [1.29, 1.82) is 0 Å². The molecule has 1 aromatic heterocycles. The first-order chi connectivity index (χ1) is 16.1. The summed E-state index contributed by atoms with van der Waals surface area (Å²) >= 11 is 0. The van der Waals surface area contributed by atoms with E-state index in [1.807, 2.05) is 31.2 Å². The van der Waals surface area contributed by atoms with Crippen LogP contribution in [0.5, 0.6) is 11.5 Å². The lowest BCUT2D eigenvalue weighted by Crippen LogP contribution is -2.38. The highest BCUT2D eigenvalue weighted by Gasteiger charge is 2.41. The van der Waals surface area contributed by atoms with Gasteiger partial charge in [-0.25, -0.2) is 0 Å². The molecule has 33 heavy (non-hydrogen) atoms. The summed E-state index contributed by atoms with van der Waals surface area (Å²) in [5, 5.41) is 0.854. The number of carbonyl (C=O) groups excluding carboxylic acids is 1. The van der Waals surface area contributed by atoms with E-state index >= 15 is 0 Å². The van der Waals surface area contributed by atoms with Crippen molar-refractivity contribution in [3.8, 4) is 11.5 Å². The van der Waals surface area contributed by atoms with E-state index < -0.39 is 0 Å². The van der Waals surface area contributed by atoms with Gasteiger partial charge in [-0.2, -0.15) is 0 Å². The Morgan fingerprint density at radius 2 is 1.88 bits per heavy atom. The van der Waals surface area contributed by atoms with Gasteiger partial charge in [-0.15, -0.1) is 0 Å². The summed E-state index contributed by atoms with van der Waals surface area (Å²) in [4.78, 5) is 14.9. The van der Waals surface area contributed by atoms with E-state index in [4.69, 9.17) is 23.4 Å². The molecule has 5 rings (SSSR count). The van der Waals surface area contributed by atoms with Crippen molar-refractivity contribution in [1.82, 2.24) is 4.90 Å². The monoisotopic (exact) mass is 451 g/mol. The van der Waals surface area contributed by atoms with Crippen molar-refractivity contribution in [3.05, 3.63) is 59.4 Å². The van der Waals surface area contributed by atoms with Crippen LogP contribution in [0.15, 0.2) is 47.1 Å². The molecule has 2 aromatic carbocycles. The highest BCUT2D eigenvalue weighted by Crippen LogP contribution is 2.45. The maximum absolute atomic E-state index is 12.6. The Labute approximate surface area is 193 Å². The molecule has 3 aromatic rings. The molecule has 7 heteroatoms. The molecule has 2 atom stereocenters. The van der Waals surface area contributed by atoms with Crippen LogP contribution in [-0.4, -0.2) is 62.8 Å². The maximum Gasteiger partial charge on any atom is 0.205 e. The minimum atomic E-state index is -0.0633. The minimum Gasteiger partial charge on any atom is -0.487 e. The molecular formula is C26H29NO6. The van der Waals surface area contributed by atoms with Crippen LogP contribution in [0.1, 0.15) is 34.5 Å². The molecule has 0 spiro atoms. The zero-order chi connectivity index (χ0) is 22.8. The average Bonchev–Trinajstić information content (AvgIpc) is 3.44. The van der Waals surface area contributed by atoms with E-state index in [0.29, 0.717) is 35.9 Å². The van der Waals surface area contributed by atoms with Crippen molar-refractivity contribution >= 4 is 16.8 Å². The molecule has 0 amide bonds. The maximum atomic E-state index is 12.6. The zero-order valence-electron chi connectivity index (χ0n) is 19.0. The fraction of sp³-hybridized carbons (Fsp3) is 0.423. The SMILES string of the molecule is CC(=O)c1c(OCCN2CCOCC2)c(OC[C@H]2O[C@H]2c2ccccc2)c2occc2c1C. The predicted octanol–water partition coefficient (Wildman–Crippen LogP) is 4.17. The van der Waals surface area contributed by atoms with Crippen LogP contribution < -0.4 is 9.47 Å². The van der Waals surface area contributed by atoms with Crippen molar-refractivity contribution in [2.45, 2.75) is 26.1 Å². The van der Waals surface area contributed by atoms with E-state index in [0.717, 1.165) is 49.4 Å². The number of epoxide rings is 1. The van der Waals surface area contributed by atoms with E-state index in [9.17, 15) is 4.79 Å². The van der Waals surface area contributed by atoms with Gasteiger partial charge in [0, 0.05) is 25.0 Å². The van der Waals surface area contributed by atoms with E-state index in [1.165, 1.54) is 0 Å². The van der Waals surface area contributed by atoms with Gasteiger partial charge in [0.05, 0.1) is 25.0 Å². The Hall–Kier alpha value is -2.87. The Morgan fingerprint density at radius 1 is 1.09 bits per heavy atom. The lowest BCUT2D eigenvalue weighted by atomic mass is 9.99. The summed E-state index contributed by atoms with van der Waals surface area (Å²) in [5.74, 6) is 0.856. The third-order valence-electron chi connectivity index (χ3n) is 6.30. The second kappa shape index (κ2) is 9.55. The van der Waals surface area contributed by atoms with Crippen LogP contribution in [0.25, 0.3) is 11.0 Å². The molecule has 2 aliphatic heterocycles. The first-order valence-corrected chi connectivity index (χ1v) is 11.4. The van der Waals surface area contributed by atoms with Gasteiger partial charge in [-0.3, -0.25) is 9.69 Å². The summed E-state index contributed by atoms with van der Waals surface area (Å²) in [6.45, 7) is 8.22. The summed E-state index contributed by atoms with van der Waals surface area (Å²) in [6, 6.07) is 12.0. The van der Waals surface area contributed by atoms with Gasteiger partial charge in [0.2, 0.25) is 5.75 Å². The van der Waals surface area contributed by atoms with Crippen LogP contribution in [0.2, 0.25) is 0 Å². The standard InChI is InChI=1S/C26H29NO6/c1-17-20-8-12-30-24(20)26(32-16-21-23(33-21)19-6-4-3-5-7-19)25(22(17)18(2)28)31-15-11-27-9-13-29-14-10-27/h3-8,12,21,23H,9-11,13-16H2,1-2H3/t21-,23+/m1/s1. The van der Waals surface area contributed by atoms with Crippen molar-refractivity contribution in [3.63, 3.8) is 0 Å². The molecule has 0 unspecified atom stereocenters. The lowest BCUT2D eigenvalue weighted by Gasteiger charge is -2.26. The third kappa shape index (κ3) is 4.62. The van der Waals surface area contributed by atoms with E-state index in [1.54, 1.807) is 13.2 Å². The first kappa shape index (κ1) is 21.9. The molecule has 0 radical (unpaired) electrons. The smallest absolute Gasteiger partial charge is 0.205 e. The summed E-state index contributed by atoms with van der Waals surface area (Å²) in [6.07, 6.45) is 1.58. The molecule has 2 aliphatic rings. The Morgan fingerprint density at radius 3 is 2.64 bits per heavy atom. The highest BCUT2D eigenvalue weighted by molar-refractivity contribution is 6.05. The van der Waals surface area contributed by atoms with Gasteiger partial charge in [0.1, 0.15) is 25.4 Å². The number of ether oxygens (including phenoxy) is 4. The fourth-order valence-electron chi connectivity index (χ4n) is 4.47. The van der Waals surface area contributed by atoms with Gasteiger partial charge in [-0.1, -0.05) is 30.3 Å². The van der Waals surface area contributed by atoms with Gasteiger partial charge < -0.3 is 23.4 Å². The fourth-order valence-corrected chi connectivity index (χ4v) is 4.47. The number of carbonyl (C=O) groups is 1. The van der Waals surface area contributed by atoms with Crippen LogP contribution in [0.3, 0.4) is 0 Å². The van der Waals surface area contributed by atoms with Gasteiger partial charge >= 0.3 is 0 Å². The normalized spacial score (nSPS) is 20.7. The van der Waals surface area contributed by atoms with Crippen LogP contribution in [0, 0.1) is 6.92 Å². The number of morpholine rings is 1. The summed E-state index contributed by atoms with van der Waals surface area (Å²) < 4.78 is 29.5. The molecule has 0 N–H and O–H groups in total.